The summed E-state index contributed by atoms with van der Waals surface area (Å²) in [6, 6.07) is 8.45. The second-order valence-corrected chi connectivity index (χ2v) is 7.42. The van der Waals surface area contributed by atoms with Gasteiger partial charge in [0, 0.05) is 18.8 Å². The van der Waals surface area contributed by atoms with E-state index in [0.717, 1.165) is 24.9 Å². The molecule has 1 rings (SSSR count). The molecule has 0 saturated heterocycles. The summed E-state index contributed by atoms with van der Waals surface area (Å²) >= 11 is 1.84. The predicted octanol–water partition coefficient (Wildman–Crippen LogP) is 3.70. The van der Waals surface area contributed by atoms with E-state index in [1.54, 1.807) is 7.05 Å². The Hall–Kier alpha value is -1.36. The molecule has 5 heteroatoms. The van der Waals surface area contributed by atoms with Crippen LogP contribution in [0, 0.1) is 5.92 Å². The summed E-state index contributed by atoms with van der Waals surface area (Å²) in [7, 11) is 1.80. The first-order valence-electron chi connectivity index (χ1n) is 8.19. The van der Waals surface area contributed by atoms with Crippen LogP contribution < -0.4 is 15.4 Å². The fraction of sp³-hybridized carbons (Fsp3) is 0.611. The largest absolute Gasteiger partial charge is 0.493 e. The van der Waals surface area contributed by atoms with Gasteiger partial charge in [-0.1, -0.05) is 32.9 Å². The van der Waals surface area contributed by atoms with Gasteiger partial charge in [-0.15, -0.1) is 0 Å². The van der Waals surface area contributed by atoms with Crippen molar-refractivity contribution in [2.24, 2.45) is 10.9 Å². The molecule has 0 spiro atoms. The van der Waals surface area contributed by atoms with Gasteiger partial charge in [-0.2, -0.15) is 11.8 Å². The summed E-state index contributed by atoms with van der Waals surface area (Å²) in [4.78, 5) is 4.29. The fourth-order valence-electron chi connectivity index (χ4n) is 1.92. The summed E-state index contributed by atoms with van der Waals surface area (Å²) in [5, 5.41) is 7.34. The van der Waals surface area contributed by atoms with Crippen LogP contribution in [0.15, 0.2) is 29.3 Å². The van der Waals surface area contributed by atoms with Crippen molar-refractivity contribution in [3.8, 4) is 5.75 Å². The highest BCUT2D eigenvalue weighted by molar-refractivity contribution is 7.99. The molecule has 0 aliphatic carbocycles. The van der Waals surface area contributed by atoms with Gasteiger partial charge < -0.3 is 15.4 Å². The number of nitrogens with one attached hydrogen (secondary N) is 2. The maximum atomic E-state index is 5.72. The SMILES string of the molecule is CN=C(NCC(C)SC)NC(C)c1ccc(OCC(C)C)cc1. The van der Waals surface area contributed by atoms with Crippen molar-refractivity contribution in [1.29, 1.82) is 0 Å². The van der Waals surface area contributed by atoms with Gasteiger partial charge in [0.15, 0.2) is 5.96 Å². The van der Waals surface area contributed by atoms with Gasteiger partial charge >= 0.3 is 0 Å². The van der Waals surface area contributed by atoms with E-state index in [1.165, 1.54) is 5.56 Å². The number of rotatable bonds is 8. The first-order chi connectivity index (χ1) is 11.0. The van der Waals surface area contributed by atoms with Gasteiger partial charge in [0.2, 0.25) is 0 Å². The number of nitrogens with zero attached hydrogens (tertiary/aromatic N) is 1. The van der Waals surface area contributed by atoms with Crippen molar-refractivity contribution in [3.05, 3.63) is 29.8 Å². The number of thioether (sulfide) groups is 1. The summed E-state index contributed by atoms with van der Waals surface area (Å²) in [6.45, 7) is 10.3. The Balaban J connectivity index is 2.54. The van der Waals surface area contributed by atoms with Crippen LogP contribution in [0.25, 0.3) is 0 Å². The molecule has 130 valence electrons. The van der Waals surface area contributed by atoms with E-state index in [1.807, 2.05) is 23.9 Å². The zero-order valence-electron chi connectivity index (χ0n) is 15.2. The average Bonchev–Trinajstić information content (AvgIpc) is 2.56. The zero-order chi connectivity index (χ0) is 17.2. The number of hydrogen-bond donors (Lipinski definition) is 2. The van der Waals surface area contributed by atoms with Crippen LogP contribution in [0.5, 0.6) is 5.75 Å². The van der Waals surface area contributed by atoms with Crippen molar-refractivity contribution in [2.75, 3.05) is 26.5 Å². The van der Waals surface area contributed by atoms with Crippen LogP contribution >= 0.6 is 11.8 Å². The molecule has 2 unspecified atom stereocenters. The first-order valence-corrected chi connectivity index (χ1v) is 9.47. The van der Waals surface area contributed by atoms with Crippen molar-refractivity contribution >= 4 is 17.7 Å². The Morgan fingerprint density at radius 2 is 1.83 bits per heavy atom. The van der Waals surface area contributed by atoms with Crippen LogP contribution in [0.1, 0.15) is 39.3 Å². The van der Waals surface area contributed by atoms with E-state index in [9.17, 15) is 0 Å². The lowest BCUT2D eigenvalue weighted by Gasteiger charge is -2.20. The maximum absolute atomic E-state index is 5.72. The molecule has 0 amide bonds. The Morgan fingerprint density at radius 1 is 1.17 bits per heavy atom. The standard InChI is InChI=1S/C18H31N3OS/c1-13(2)12-22-17-9-7-16(8-10-17)15(4)21-18(19-5)20-11-14(3)23-6/h7-10,13-15H,11-12H2,1-6H3,(H2,19,20,21). The minimum Gasteiger partial charge on any atom is -0.493 e. The Bertz CT molecular complexity index is 474. The number of aliphatic imine (C=N–C) groups is 1. The van der Waals surface area contributed by atoms with Crippen LogP contribution in [0.3, 0.4) is 0 Å². The van der Waals surface area contributed by atoms with Crippen LogP contribution in [-0.2, 0) is 0 Å². The van der Waals surface area contributed by atoms with E-state index in [4.69, 9.17) is 4.74 Å². The fourth-order valence-corrected chi connectivity index (χ4v) is 2.17. The molecule has 0 aliphatic rings. The van der Waals surface area contributed by atoms with E-state index < -0.39 is 0 Å². The Kier molecular flexibility index (Phi) is 8.92. The Labute approximate surface area is 145 Å². The monoisotopic (exact) mass is 337 g/mol. The molecule has 0 bridgehead atoms. The highest BCUT2D eigenvalue weighted by atomic mass is 32.2. The highest BCUT2D eigenvalue weighted by Gasteiger charge is 2.09. The molecule has 0 heterocycles. The average molecular weight is 338 g/mol. The highest BCUT2D eigenvalue weighted by Crippen LogP contribution is 2.18. The molecule has 4 nitrogen and oxygen atoms in total. The minimum atomic E-state index is 0.185. The third-order valence-corrected chi connectivity index (χ3v) is 4.47. The lowest BCUT2D eigenvalue weighted by molar-refractivity contribution is 0.271. The Morgan fingerprint density at radius 3 is 2.35 bits per heavy atom. The molecule has 2 atom stereocenters. The van der Waals surface area contributed by atoms with Gasteiger partial charge in [-0.05, 0) is 36.8 Å². The van der Waals surface area contributed by atoms with Gasteiger partial charge in [0.25, 0.3) is 0 Å². The van der Waals surface area contributed by atoms with Gasteiger partial charge in [0.1, 0.15) is 5.75 Å². The number of ether oxygens (including phenoxy) is 1. The second-order valence-electron chi connectivity index (χ2n) is 6.14. The lowest BCUT2D eigenvalue weighted by atomic mass is 10.1. The molecule has 2 N–H and O–H groups in total. The molecule has 0 radical (unpaired) electrons. The number of hydrogen-bond acceptors (Lipinski definition) is 3. The third kappa shape index (κ3) is 7.64. The molecule has 0 aliphatic heterocycles. The summed E-state index contributed by atoms with van der Waals surface area (Å²) < 4.78 is 5.72. The molecule has 23 heavy (non-hydrogen) atoms. The van der Waals surface area contributed by atoms with Crippen LogP contribution in [0.4, 0.5) is 0 Å². The number of benzene rings is 1. The zero-order valence-corrected chi connectivity index (χ0v) is 16.0. The lowest BCUT2D eigenvalue weighted by Crippen LogP contribution is -2.41. The number of guanidine groups is 1. The van der Waals surface area contributed by atoms with Crippen molar-refractivity contribution < 1.29 is 4.74 Å². The predicted molar refractivity (Wildman–Crippen MR) is 103 cm³/mol. The van der Waals surface area contributed by atoms with E-state index in [-0.39, 0.29) is 6.04 Å². The van der Waals surface area contributed by atoms with E-state index >= 15 is 0 Å². The van der Waals surface area contributed by atoms with Crippen LogP contribution in [-0.4, -0.2) is 37.7 Å². The smallest absolute Gasteiger partial charge is 0.191 e. The summed E-state index contributed by atoms with van der Waals surface area (Å²) in [5.74, 6) is 2.29. The van der Waals surface area contributed by atoms with Gasteiger partial charge in [-0.25, -0.2) is 0 Å². The molecule has 0 aromatic heterocycles. The topological polar surface area (TPSA) is 45.7 Å². The molecule has 1 aromatic carbocycles. The normalized spacial score (nSPS) is 14.5. The van der Waals surface area contributed by atoms with Crippen molar-refractivity contribution in [2.45, 2.75) is 39.0 Å². The molecular weight excluding hydrogens is 306 g/mol. The summed E-state index contributed by atoms with van der Waals surface area (Å²) in [5.41, 5.74) is 1.21. The van der Waals surface area contributed by atoms with Gasteiger partial charge in [-0.3, -0.25) is 4.99 Å². The minimum absolute atomic E-state index is 0.185. The molecule has 0 saturated carbocycles. The van der Waals surface area contributed by atoms with E-state index in [0.29, 0.717) is 11.2 Å². The third-order valence-electron chi connectivity index (χ3n) is 3.50. The maximum Gasteiger partial charge on any atom is 0.191 e. The molecule has 0 fully saturated rings. The first kappa shape index (κ1) is 19.7. The second kappa shape index (κ2) is 10.4. The van der Waals surface area contributed by atoms with Crippen LogP contribution in [0.2, 0.25) is 0 Å². The molecule has 1 aromatic rings. The molecular formula is C18H31N3OS. The quantitative estimate of drug-likeness (QED) is 0.561. The van der Waals surface area contributed by atoms with E-state index in [2.05, 4.69) is 61.7 Å². The van der Waals surface area contributed by atoms with Crippen molar-refractivity contribution in [3.63, 3.8) is 0 Å². The summed E-state index contributed by atoms with van der Waals surface area (Å²) in [6.07, 6.45) is 2.12. The van der Waals surface area contributed by atoms with Gasteiger partial charge in [0.05, 0.1) is 12.6 Å². The van der Waals surface area contributed by atoms with Crippen molar-refractivity contribution in [1.82, 2.24) is 10.6 Å².